The number of para-hydroxylation sites is 2. The van der Waals surface area contributed by atoms with Crippen LogP contribution in [-0.4, -0.2) is 89.3 Å². The van der Waals surface area contributed by atoms with E-state index in [9.17, 15) is 13.2 Å². The fourth-order valence-electron chi connectivity index (χ4n) is 4.53. The summed E-state index contributed by atoms with van der Waals surface area (Å²) in [6.07, 6.45) is 8.26. The van der Waals surface area contributed by atoms with Crippen LogP contribution in [0.15, 0.2) is 55.2 Å². The molecule has 37 heavy (non-hydrogen) atoms. The summed E-state index contributed by atoms with van der Waals surface area (Å²) < 4.78 is 39.7. The topological polar surface area (TPSA) is 132 Å². The summed E-state index contributed by atoms with van der Waals surface area (Å²) >= 11 is 0. The SMILES string of the molecule is CS(=O)(=O)N1CCN(c2ccnc(-n3ccnc3)n2)CC1CC(=O)NCCC1COc2ccccc2O1. The quantitative estimate of drug-likeness (QED) is 0.453. The molecule has 1 saturated heterocycles. The molecule has 0 aliphatic carbocycles. The van der Waals surface area contributed by atoms with E-state index in [4.69, 9.17) is 9.47 Å². The number of nitrogens with zero attached hydrogens (tertiary/aromatic N) is 6. The smallest absolute Gasteiger partial charge is 0.236 e. The molecule has 1 aromatic carbocycles. The van der Waals surface area contributed by atoms with Crippen LogP contribution in [0.5, 0.6) is 11.5 Å². The van der Waals surface area contributed by atoms with Crippen molar-refractivity contribution in [2.45, 2.75) is 25.0 Å². The molecule has 2 aromatic heterocycles. The van der Waals surface area contributed by atoms with E-state index >= 15 is 0 Å². The lowest BCUT2D eigenvalue weighted by molar-refractivity contribution is -0.122. The summed E-state index contributed by atoms with van der Waals surface area (Å²) in [6, 6.07) is 8.72. The van der Waals surface area contributed by atoms with E-state index in [0.29, 0.717) is 55.9 Å². The number of sulfonamides is 1. The molecule has 1 N–H and O–H groups in total. The number of nitrogens with one attached hydrogen (secondary N) is 1. The van der Waals surface area contributed by atoms with Gasteiger partial charge in [-0.2, -0.15) is 9.29 Å². The Hall–Kier alpha value is -3.71. The Kier molecular flexibility index (Phi) is 7.24. The van der Waals surface area contributed by atoms with E-state index < -0.39 is 16.1 Å². The lowest BCUT2D eigenvalue weighted by Crippen LogP contribution is -2.56. The standard InChI is InChI=1S/C24H29N7O5S/c1-37(33,34)31-13-12-29(22-7-9-27-24(28-22)30-11-10-25-17-30)15-18(31)14-23(32)26-8-6-19-16-35-20-4-2-3-5-21(20)36-19/h2-5,7,9-11,17-19H,6,8,12-16H2,1H3,(H,26,32). The second-order valence-corrected chi connectivity index (χ2v) is 10.9. The monoisotopic (exact) mass is 527 g/mol. The average Bonchev–Trinajstić information content (AvgIpc) is 3.43. The van der Waals surface area contributed by atoms with Gasteiger partial charge in [-0.15, -0.1) is 0 Å². The van der Waals surface area contributed by atoms with Crippen LogP contribution in [0.1, 0.15) is 12.8 Å². The second-order valence-electron chi connectivity index (χ2n) is 9.00. The number of benzene rings is 1. The first-order valence-electron chi connectivity index (χ1n) is 12.0. The third-order valence-electron chi connectivity index (χ3n) is 6.32. The van der Waals surface area contributed by atoms with Gasteiger partial charge in [-0.25, -0.2) is 18.4 Å². The first-order chi connectivity index (χ1) is 17.9. The largest absolute Gasteiger partial charge is 0.486 e. The molecule has 0 saturated carbocycles. The van der Waals surface area contributed by atoms with Crippen LogP contribution in [0.3, 0.4) is 0 Å². The Morgan fingerprint density at radius 1 is 1.16 bits per heavy atom. The zero-order valence-electron chi connectivity index (χ0n) is 20.4. The highest BCUT2D eigenvalue weighted by Crippen LogP contribution is 2.31. The second kappa shape index (κ2) is 10.7. The molecule has 4 heterocycles. The van der Waals surface area contributed by atoms with Gasteiger partial charge < -0.3 is 19.7 Å². The molecule has 2 unspecified atom stereocenters. The van der Waals surface area contributed by atoms with Crippen LogP contribution < -0.4 is 19.7 Å². The van der Waals surface area contributed by atoms with Crippen molar-refractivity contribution in [3.05, 3.63) is 55.2 Å². The van der Waals surface area contributed by atoms with Gasteiger partial charge in [0.1, 0.15) is 24.9 Å². The Labute approximate surface area is 215 Å². The Balaban J connectivity index is 1.19. The molecule has 3 aromatic rings. The lowest BCUT2D eigenvalue weighted by Gasteiger charge is -2.40. The summed E-state index contributed by atoms with van der Waals surface area (Å²) in [4.78, 5) is 27.7. The molecule has 0 radical (unpaired) electrons. The number of hydrogen-bond acceptors (Lipinski definition) is 9. The van der Waals surface area contributed by atoms with Crippen molar-refractivity contribution in [2.24, 2.45) is 0 Å². The van der Waals surface area contributed by atoms with Crippen molar-refractivity contribution in [1.82, 2.24) is 29.1 Å². The van der Waals surface area contributed by atoms with Gasteiger partial charge in [0.2, 0.25) is 21.9 Å². The molecule has 2 aliphatic heterocycles. The maximum atomic E-state index is 12.8. The van der Waals surface area contributed by atoms with E-state index in [1.165, 1.54) is 10.6 Å². The normalized spacial score (nSPS) is 20.0. The van der Waals surface area contributed by atoms with Crippen molar-refractivity contribution in [3.63, 3.8) is 0 Å². The molecule has 1 fully saturated rings. The Morgan fingerprint density at radius 2 is 2.00 bits per heavy atom. The zero-order valence-corrected chi connectivity index (χ0v) is 21.2. The lowest BCUT2D eigenvalue weighted by atomic mass is 10.1. The van der Waals surface area contributed by atoms with Gasteiger partial charge in [-0.05, 0) is 18.2 Å². The third-order valence-corrected chi connectivity index (χ3v) is 7.65. The minimum absolute atomic E-state index is 0.0356. The van der Waals surface area contributed by atoms with Gasteiger partial charge in [0.25, 0.3) is 0 Å². The van der Waals surface area contributed by atoms with Gasteiger partial charge in [0.05, 0.1) is 12.3 Å². The number of carbonyl (C=O) groups excluding carboxylic acids is 1. The number of rotatable bonds is 8. The summed E-state index contributed by atoms with van der Waals surface area (Å²) in [7, 11) is -3.49. The molecule has 0 bridgehead atoms. The summed E-state index contributed by atoms with van der Waals surface area (Å²) in [5, 5.41) is 2.91. The fourth-order valence-corrected chi connectivity index (χ4v) is 5.63. The van der Waals surface area contributed by atoms with E-state index in [1.54, 1.807) is 35.6 Å². The van der Waals surface area contributed by atoms with Crippen molar-refractivity contribution >= 4 is 21.7 Å². The summed E-state index contributed by atoms with van der Waals surface area (Å²) in [5.41, 5.74) is 0. The molecule has 1 amide bonds. The molecule has 13 heteroatoms. The number of imidazole rings is 1. The first kappa shape index (κ1) is 25.0. The van der Waals surface area contributed by atoms with Gasteiger partial charge in [0, 0.05) is 57.6 Å². The van der Waals surface area contributed by atoms with Crippen molar-refractivity contribution in [2.75, 3.05) is 43.9 Å². The van der Waals surface area contributed by atoms with E-state index in [0.717, 1.165) is 0 Å². The maximum absolute atomic E-state index is 12.8. The number of hydrogen-bond donors (Lipinski definition) is 1. The number of piperazine rings is 1. The first-order valence-corrected chi connectivity index (χ1v) is 13.9. The van der Waals surface area contributed by atoms with E-state index in [1.807, 2.05) is 29.2 Å². The van der Waals surface area contributed by atoms with Crippen LogP contribution in [0.4, 0.5) is 5.82 Å². The van der Waals surface area contributed by atoms with Crippen LogP contribution in [0.2, 0.25) is 0 Å². The van der Waals surface area contributed by atoms with Gasteiger partial charge in [-0.3, -0.25) is 9.36 Å². The predicted molar refractivity (Wildman–Crippen MR) is 135 cm³/mol. The minimum atomic E-state index is -3.49. The number of aromatic nitrogens is 4. The number of fused-ring (bicyclic) bond motifs is 1. The highest BCUT2D eigenvalue weighted by Gasteiger charge is 2.35. The number of anilines is 1. The minimum Gasteiger partial charge on any atom is -0.486 e. The zero-order chi connectivity index (χ0) is 25.8. The number of ether oxygens (including phenoxy) is 2. The summed E-state index contributed by atoms with van der Waals surface area (Å²) in [6.45, 7) is 1.84. The van der Waals surface area contributed by atoms with Crippen molar-refractivity contribution in [3.8, 4) is 17.4 Å². The Bertz CT molecular complexity index is 1330. The fraction of sp³-hybridized carbons (Fsp3) is 0.417. The highest BCUT2D eigenvalue weighted by molar-refractivity contribution is 7.88. The highest BCUT2D eigenvalue weighted by atomic mass is 32.2. The third kappa shape index (κ3) is 6.00. The Morgan fingerprint density at radius 3 is 2.78 bits per heavy atom. The molecule has 0 spiro atoms. The number of carbonyl (C=O) groups is 1. The van der Waals surface area contributed by atoms with Crippen LogP contribution in [0, 0.1) is 0 Å². The van der Waals surface area contributed by atoms with Gasteiger partial charge in [-0.1, -0.05) is 12.1 Å². The molecule has 196 valence electrons. The number of amides is 1. The van der Waals surface area contributed by atoms with Gasteiger partial charge in [0.15, 0.2) is 11.5 Å². The van der Waals surface area contributed by atoms with Crippen molar-refractivity contribution < 1.29 is 22.7 Å². The molecule has 5 rings (SSSR count). The maximum Gasteiger partial charge on any atom is 0.236 e. The van der Waals surface area contributed by atoms with Crippen molar-refractivity contribution in [1.29, 1.82) is 0 Å². The summed E-state index contributed by atoms with van der Waals surface area (Å²) in [5.74, 6) is 2.31. The van der Waals surface area contributed by atoms with E-state index in [-0.39, 0.29) is 25.0 Å². The molecule has 2 atom stereocenters. The van der Waals surface area contributed by atoms with Crippen LogP contribution in [0.25, 0.3) is 5.95 Å². The predicted octanol–water partition coefficient (Wildman–Crippen LogP) is 0.849. The van der Waals surface area contributed by atoms with E-state index in [2.05, 4.69) is 20.3 Å². The average molecular weight is 528 g/mol. The molecule has 12 nitrogen and oxygen atoms in total. The van der Waals surface area contributed by atoms with Crippen LogP contribution >= 0.6 is 0 Å². The molecular formula is C24H29N7O5S. The van der Waals surface area contributed by atoms with Gasteiger partial charge >= 0.3 is 0 Å². The molecule has 2 aliphatic rings. The van der Waals surface area contributed by atoms with Crippen LogP contribution in [-0.2, 0) is 14.8 Å². The molecular weight excluding hydrogens is 498 g/mol.